The van der Waals surface area contributed by atoms with Gasteiger partial charge in [-0.05, 0) is 31.0 Å². The number of hydrogen-bond donors (Lipinski definition) is 0. The molecule has 0 bridgehead atoms. The molecule has 0 aliphatic carbocycles. The number of benzene rings is 2. The molecule has 2 aromatic rings. The quantitative estimate of drug-likeness (QED) is 0.752. The van der Waals surface area contributed by atoms with Crippen LogP contribution in [0.15, 0.2) is 47.5 Å². The lowest BCUT2D eigenvalue weighted by atomic mass is 9.76. The highest BCUT2D eigenvalue weighted by atomic mass is 16.5. The van der Waals surface area contributed by atoms with Gasteiger partial charge in [0.15, 0.2) is 0 Å². The Morgan fingerprint density at radius 1 is 1.00 bits per heavy atom. The standard InChI is InChI=1S/C19H17NO2/c1-11-3-6-13(7-4-11)17-14-9-12(2)5-8-15(14)20-16-10-22-19(21)18(16)17/h3-9,17-18H,10H2,1-2H3. The van der Waals surface area contributed by atoms with Gasteiger partial charge in [0.25, 0.3) is 0 Å². The third kappa shape index (κ3) is 1.97. The molecule has 110 valence electrons. The van der Waals surface area contributed by atoms with Crippen LogP contribution < -0.4 is 0 Å². The monoisotopic (exact) mass is 291 g/mol. The number of hydrogen-bond acceptors (Lipinski definition) is 3. The Morgan fingerprint density at radius 2 is 1.73 bits per heavy atom. The lowest BCUT2D eigenvalue weighted by molar-refractivity contribution is -0.141. The van der Waals surface area contributed by atoms with E-state index in [-0.39, 0.29) is 17.8 Å². The first kappa shape index (κ1) is 13.3. The molecule has 2 aliphatic rings. The lowest BCUT2D eigenvalue weighted by Gasteiger charge is -2.28. The fourth-order valence-corrected chi connectivity index (χ4v) is 3.40. The van der Waals surface area contributed by atoms with Gasteiger partial charge in [-0.3, -0.25) is 9.79 Å². The minimum atomic E-state index is -0.281. The molecule has 2 atom stereocenters. The third-order valence-corrected chi connectivity index (χ3v) is 4.53. The summed E-state index contributed by atoms with van der Waals surface area (Å²) in [6, 6.07) is 14.7. The molecule has 0 spiro atoms. The fraction of sp³-hybridized carbons (Fsp3) is 0.263. The van der Waals surface area contributed by atoms with E-state index in [2.05, 4.69) is 55.2 Å². The summed E-state index contributed by atoms with van der Waals surface area (Å²) in [5.74, 6) is -0.438. The molecule has 2 heterocycles. The van der Waals surface area contributed by atoms with Gasteiger partial charge in [-0.25, -0.2) is 0 Å². The average Bonchev–Trinajstić information content (AvgIpc) is 2.87. The maximum Gasteiger partial charge on any atom is 0.316 e. The van der Waals surface area contributed by atoms with Gasteiger partial charge in [-0.1, -0.05) is 47.5 Å². The lowest BCUT2D eigenvalue weighted by Crippen LogP contribution is -2.27. The average molecular weight is 291 g/mol. The minimum Gasteiger partial charge on any atom is -0.459 e. The molecule has 2 aromatic carbocycles. The Bertz CT molecular complexity index is 790. The first-order valence-corrected chi connectivity index (χ1v) is 7.55. The molecule has 22 heavy (non-hydrogen) atoms. The topological polar surface area (TPSA) is 38.7 Å². The fourth-order valence-electron chi connectivity index (χ4n) is 3.40. The van der Waals surface area contributed by atoms with Crippen molar-refractivity contribution in [1.29, 1.82) is 0 Å². The summed E-state index contributed by atoms with van der Waals surface area (Å²) in [6.45, 7) is 4.46. The molecule has 3 nitrogen and oxygen atoms in total. The number of aryl methyl sites for hydroxylation is 2. The molecule has 1 fully saturated rings. The van der Waals surface area contributed by atoms with Gasteiger partial charge in [-0.2, -0.15) is 0 Å². The number of fused-ring (bicyclic) bond motifs is 2. The molecule has 2 unspecified atom stereocenters. The van der Waals surface area contributed by atoms with Crippen LogP contribution in [0.4, 0.5) is 5.69 Å². The predicted molar refractivity (Wildman–Crippen MR) is 85.7 cm³/mol. The molecule has 3 heteroatoms. The van der Waals surface area contributed by atoms with Gasteiger partial charge in [0.1, 0.15) is 12.5 Å². The van der Waals surface area contributed by atoms with E-state index in [0.29, 0.717) is 6.61 Å². The number of esters is 1. The van der Waals surface area contributed by atoms with Crippen LogP contribution in [0.3, 0.4) is 0 Å². The van der Waals surface area contributed by atoms with Crippen LogP contribution in [0, 0.1) is 19.8 Å². The number of cyclic esters (lactones) is 1. The van der Waals surface area contributed by atoms with E-state index in [1.807, 2.05) is 6.07 Å². The van der Waals surface area contributed by atoms with Gasteiger partial charge >= 0.3 is 5.97 Å². The van der Waals surface area contributed by atoms with Gasteiger partial charge in [0.2, 0.25) is 0 Å². The van der Waals surface area contributed by atoms with E-state index in [9.17, 15) is 4.79 Å². The van der Waals surface area contributed by atoms with Gasteiger partial charge in [0.05, 0.1) is 11.4 Å². The second-order valence-electron chi connectivity index (χ2n) is 6.14. The third-order valence-electron chi connectivity index (χ3n) is 4.53. The molecule has 0 saturated carbocycles. The summed E-state index contributed by atoms with van der Waals surface area (Å²) in [5.41, 5.74) is 6.48. The highest BCUT2D eigenvalue weighted by Crippen LogP contribution is 2.44. The Kier molecular flexibility index (Phi) is 2.89. The van der Waals surface area contributed by atoms with E-state index in [0.717, 1.165) is 22.5 Å². The van der Waals surface area contributed by atoms with Crippen molar-refractivity contribution in [3.63, 3.8) is 0 Å². The number of carbonyl (C=O) groups excluding carboxylic acids is 1. The first-order valence-electron chi connectivity index (χ1n) is 7.55. The van der Waals surface area contributed by atoms with Crippen LogP contribution in [0.2, 0.25) is 0 Å². The SMILES string of the molecule is Cc1ccc(C2c3cc(C)ccc3N=C3COC(=O)C32)cc1. The Morgan fingerprint density at radius 3 is 2.50 bits per heavy atom. The van der Waals surface area contributed by atoms with Crippen molar-refractivity contribution in [1.82, 2.24) is 0 Å². The van der Waals surface area contributed by atoms with Gasteiger partial charge < -0.3 is 4.74 Å². The van der Waals surface area contributed by atoms with Crippen LogP contribution in [0.25, 0.3) is 0 Å². The van der Waals surface area contributed by atoms with Crippen LogP contribution in [-0.4, -0.2) is 18.3 Å². The Balaban J connectivity index is 1.93. The van der Waals surface area contributed by atoms with Gasteiger partial charge in [-0.15, -0.1) is 0 Å². The zero-order valence-electron chi connectivity index (χ0n) is 12.7. The Labute approximate surface area is 129 Å². The smallest absolute Gasteiger partial charge is 0.316 e. The summed E-state index contributed by atoms with van der Waals surface area (Å²) < 4.78 is 5.27. The molecule has 0 aromatic heterocycles. The molecule has 4 rings (SSSR count). The normalized spacial score (nSPS) is 22.6. The second-order valence-corrected chi connectivity index (χ2v) is 6.14. The molecule has 2 aliphatic heterocycles. The Hall–Kier alpha value is -2.42. The molecule has 0 radical (unpaired) electrons. The minimum absolute atomic E-state index is 0.00185. The van der Waals surface area contributed by atoms with Crippen molar-refractivity contribution < 1.29 is 9.53 Å². The molecule has 0 N–H and O–H groups in total. The summed E-state index contributed by atoms with van der Waals surface area (Å²) in [5, 5.41) is 0. The van der Waals surface area contributed by atoms with Crippen LogP contribution in [0.5, 0.6) is 0 Å². The van der Waals surface area contributed by atoms with E-state index in [1.54, 1.807) is 0 Å². The zero-order valence-corrected chi connectivity index (χ0v) is 12.7. The second kappa shape index (κ2) is 4.80. The maximum atomic E-state index is 12.3. The maximum absolute atomic E-state index is 12.3. The largest absolute Gasteiger partial charge is 0.459 e. The first-order chi connectivity index (χ1) is 10.6. The van der Waals surface area contributed by atoms with Crippen LogP contribution >= 0.6 is 0 Å². The molecule has 0 amide bonds. The van der Waals surface area contributed by atoms with Crippen molar-refractivity contribution in [2.75, 3.05) is 6.61 Å². The van der Waals surface area contributed by atoms with Gasteiger partial charge in [0, 0.05) is 5.92 Å². The molecular weight excluding hydrogens is 274 g/mol. The molecular formula is C19H17NO2. The van der Waals surface area contributed by atoms with E-state index in [4.69, 9.17) is 4.74 Å². The number of ether oxygens (including phenoxy) is 1. The number of aliphatic imine (C=N–C) groups is 1. The van der Waals surface area contributed by atoms with Crippen molar-refractivity contribution in [2.45, 2.75) is 19.8 Å². The zero-order chi connectivity index (χ0) is 15.3. The van der Waals surface area contributed by atoms with E-state index < -0.39 is 0 Å². The summed E-state index contributed by atoms with van der Waals surface area (Å²) in [4.78, 5) is 16.9. The number of nitrogens with zero attached hydrogens (tertiary/aromatic N) is 1. The number of rotatable bonds is 1. The van der Waals surface area contributed by atoms with Crippen molar-refractivity contribution in [2.24, 2.45) is 10.9 Å². The van der Waals surface area contributed by atoms with Crippen molar-refractivity contribution >= 4 is 17.4 Å². The predicted octanol–water partition coefficient (Wildman–Crippen LogP) is 3.69. The van der Waals surface area contributed by atoms with E-state index in [1.165, 1.54) is 11.1 Å². The highest BCUT2D eigenvalue weighted by Gasteiger charge is 2.44. The van der Waals surface area contributed by atoms with E-state index >= 15 is 0 Å². The van der Waals surface area contributed by atoms with Crippen LogP contribution in [-0.2, 0) is 9.53 Å². The molecule has 1 saturated heterocycles. The highest BCUT2D eigenvalue weighted by molar-refractivity contribution is 6.11. The summed E-state index contributed by atoms with van der Waals surface area (Å²) in [7, 11) is 0. The number of carbonyl (C=O) groups is 1. The van der Waals surface area contributed by atoms with Crippen LogP contribution in [0.1, 0.15) is 28.2 Å². The van der Waals surface area contributed by atoms with Crippen molar-refractivity contribution in [3.05, 3.63) is 64.7 Å². The summed E-state index contributed by atoms with van der Waals surface area (Å²) >= 11 is 0. The van der Waals surface area contributed by atoms with Crippen molar-refractivity contribution in [3.8, 4) is 0 Å². The summed E-state index contributed by atoms with van der Waals surface area (Å²) in [6.07, 6.45) is 0.